The predicted octanol–water partition coefficient (Wildman–Crippen LogP) is 8.89. The number of hydrogen-bond donors (Lipinski definition) is 0. The van der Waals surface area contributed by atoms with E-state index in [1.165, 1.54) is 77.0 Å². The van der Waals surface area contributed by atoms with Gasteiger partial charge in [-0.25, -0.2) is 0 Å². The van der Waals surface area contributed by atoms with Crippen molar-refractivity contribution in [3.05, 3.63) is 11.7 Å². The maximum Gasteiger partial charge on any atom is 0.321 e. The molecule has 0 fully saturated rings. The lowest BCUT2D eigenvalue weighted by molar-refractivity contribution is -0.0845. The molecule has 4 nitrogen and oxygen atoms in total. The van der Waals surface area contributed by atoms with Crippen LogP contribution in [0.15, 0.2) is 11.7 Å². The van der Waals surface area contributed by atoms with Gasteiger partial charge in [-0.1, -0.05) is 105 Å². The SMILES string of the molecule is CCCCCCCOCOC(OCCCCCCC)=C(CCC)OCCCCCCC. The first-order chi connectivity index (χ1) is 15.3. The highest BCUT2D eigenvalue weighted by atomic mass is 16.7. The average molecular weight is 443 g/mol. The molecule has 0 radical (unpaired) electrons. The van der Waals surface area contributed by atoms with Gasteiger partial charge in [-0.15, -0.1) is 0 Å². The van der Waals surface area contributed by atoms with E-state index in [4.69, 9.17) is 18.9 Å². The van der Waals surface area contributed by atoms with Crippen LogP contribution < -0.4 is 0 Å². The van der Waals surface area contributed by atoms with Gasteiger partial charge in [0.05, 0.1) is 19.8 Å². The van der Waals surface area contributed by atoms with Gasteiger partial charge in [-0.3, -0.25) is 0 Å². The fraction of sp³-hybridized carbons (Fsp3) is 0.926. The van der Waals surface area contributed by atoms with Crippen LogP contribution in [0.1, 0.15) is 137 Å². The number of unbranched alkanes of at least 4 members (excludes halogenated alkanes) is 12. The monoisotopic (exact) mass is 442 g/mol. The van der Waals surface area contributed by atoms with Gasteiger partial charge in [-0.2, -0.15) is 0 Å². The predicted molar refractivity (Wildman–Crippen MR) is 132 cm³/mol. The van der Waals surface area contributed by atoms with Gasteiger partial charge < -0.3 is 18.9 Å². The van der Waals surface area contributed by atoms with E-state index < -0.39 is 0 Å². The van der Waals surface area contributed by atoms with Crippen molar-refractivity contribution < 1.29 is 18.9 Å². The molecule has 0 atom stereocenters. The van der Waals surface area contributed by atoms with E-state index >= 15 is 0 Å². The molecular weight excluding hydrogens is 388 g/mol. The Morgan fingerprint density at radius 1 is 0.452 bits per heavy atom. The third-order valence-corrected chi connectivity index (χ3v) is 5.38. The molecule has 4 heteroatoms. The molecule has 0 N–H and O–H groups in total. The zero-order valence-corrected chi connectivity index (χ0v) is 21.5. The molecule has 0 bridgehead atoms. The van der Waals surface area contributed by atoms with Crippen molar-refractivity contribution in [2.75, 3.05) is 26.6 Å². The quantitative estimate of drug-likeness (QED) is 0.0803. The molecule has 0 heterocycles. The summed E-state index contributed by atoms with van der Waals surface area (Å²) in [4.78, 5) is 0. The standard InChI is InChI=1S/C27H54O4/c1-5-9-12-15-18-22-28-25-31-27(30-24-20-17-14-11-7-3)26(21-8-4)29-23-19-16-13-10-6-2/h5-25H2,1-4H3. The van der Waals surface area contributed by atoms with E-state index in [2.05, 4.69) is 27.7 Å². The molecule has 0 amide bonds. The molecule has 0 unspecified atom stereocenters. The van der Waals surface area contributed by atoms with Crippen molar-refractivity contribution >= 4 is 0 Å². The first kappa shape index (κ1) is 30.1. The minimum Gasteiger partial charge on any atom is -0.491 e. The van der Waals surface area contributed by atoms with Gasteiger partial charge in [-0.05, 0) is 25.7 Å². The van der Waals surface area contributed by atoms with E-state index in [-0.39, 0.29) is 6.79 Å². The van der Waals surface area contributed by atoms with Crippen molar-refractivity contribution in [2.24, 2.45) is 0 Å². The highest BCUT2D eigenvalue weighted by Gasteiger charge is 2.12. The Morgan fingerprint density at radius 2 is 0.935 bits per heavy atom. The molecule has 0 aromatic carbocycles. The van der Waals surface area contributed by atoms with Crippen LogP contribution in [0.25, 0.3) is 0 Å². The van der Waals surface area contributed by atoms with Crippen LogP contribution in [0.5, 0.6) is 0 Å². The summed E-state index contributed by atoms with van der Waals surface area (Å²) in [6.45, 7) is 11.3. The molecule has 31 heavy (non-hydrogen) atoms. The van der Waals surface area contributed by atoms with Crippen LogP contribution in [0, 0.1) is 0 Å². The lowest BCUT2D eigenvalue weighted by Crippen LogP contribution is -2.10. The van der Waals surface area contributed by atoms with Crippen molar-refractivity contribution in [3.8, 4) is 0 Å². The maximum absolute atomic E-state index is 6.12. The van der Waals surface area contributed by atoms with Gasteiger partial charge in [0, 0.05) is 6.42 Å². The molecular formula is C27H54O4. The summed E-state index contributed by atoms with van der Waals surface area (Å²) in [7, 11) is 0. The molecule has 0 rings (SSSR count). The average Bonchev–Trinajstić information content (AvgIpc) is 2.78. The Bertz CT molecular complexity index is 381. The third kappa shape index (κ3) is 20.7. The van der Waals surface area contributed by atoms with E-state index in [9.17, 15) is 0 Å². The Balaban J connectivity index is 4.49. The first-order valence-electron chi connectivity index (χ1n) is 13.5. The molecule has 0 aliphatic heterocycles. The Morgan fingerprint density at radius 3 is 1.45 bits per heavy atom. The van der Waals surface area contributed by atoms with Crippen molar-refractivity contribution in [3.63, 3.8) is 0 Å². The van der Waals surface area contributed by atoms with E-state index in [1.54, 1.807) is 0 Å². The van der Waals surface area contributed by atoms with Gasteiger partial charge in [0.2, 0.25) is 0 Å². The molecule has 0 saturated heterocycles. The fourth-order valence-corrected chi connectivity index (χ4v) is 3.40. The number of hydrogen-bond acceptors (Lipinski definition) is 4. The van der Waals surface area contributed by atoms with Gasteiger partial charge in [0.25, 0.3) is 0 Å². The summed E-state index contributed by atoms with van der Waals surface area (Å²) in [5.41, 5.74) is 0. The first-order valence-corrected chi connectivity index (χ1v) is 13.5. The summed E-state index contributed by atoms with van der Waals surface area (Å²) in [6.07, 6.45) is 20.3. The van der Waals surface area contributed by atoms with E-state index in [0.29, 0.717) is 12.6 Å². The molecule has 0 aliphatic rings. The van der Waals surface area contributed by atoms with Crippen LogP contribution in [0.2, 0.25) is 0 Å². The Hall–Kier alpha value is -0.900. The molecule has 0 aromatic heterocycles. The summed E-state index contributed by atoms with van der Waals surface area (Å²) in [6, 6.07) is 0. The molecule has 0 saturated carbocycles. The topological polar surface area (TPSA) is 36.9 Å². The van der Waals surface area contributed by atoms with Gasteiger partial charge in [0.1, 0.15) is 0 Å². The molecule has 0 aliphatic carbocycles. The van der Waals surface area contributed by atoms with Gasteiger partial charge in [0.15, 0.2) is 12.6 Å². The zero-order valence-electron chi connectivity index (χ0n) is 21.5. The van der Waals surface area contributed by atoms with Gasteiger partial charge >= 0.3 is 5.95 Å². The van der Waals surface area contributed by atoms with Crippen molar-refractivity contribution in [2.45, 2.75) is 137 Å². The smallest absolute Gasteiger partial charge is 0.321 e. The van der Waals surface area contributed by atoms with Crippen LogP contribution in [0.3, 0.4) is 0 Å². The second-order valence-electron chi connectivity index (χ2n) is 8.57. The second-order valence-corrected chi connectivity index (χ2v) is 8.57. The molecule has 186 valence electrons. The maximum atomic E-state index is 6.12. The van der Waals surface area contributed by atoms with Crippen LogP contribution >= 0.6 is 0 Å². The minimum atomic E-state index is 0.242. The summed E-state index contributed by atoms with van der Waals surface area (Å²) in [5.74, 6) is 1.41. The number of rotatable bonds is 25. The van der Waals surface area contributed by atoms with Crippen LogP contribution in [-0.4, -0.2) is 26.6 Å². The van der Waals surface area contributed by atoms with Crippen LogP contribution in [-0.2, 0) is 18.9 Å². The normalized spacial score (nSPS) is 12.0. The number of allylic oxidation sites excluding steroid dienone is 1. The third-order valence-electron chi connectivity index (χ3n) is 5.38. The Kier molecular flexibility index (Phi) is 24.6. The molecule has 0 spiro atoms. The van der Waals surface area contributed by atoms with Crippen LogP contribution in [0.4, 0.5) is 0 Å². The Labute approximate surface area is 194 Å². The largest absolute Gasteiger partial charge is 0.491 e. The minimum absolute atomic E-state index is 0.242. The fourth-order valence-electron chi connectivity index (χ4n) is 3.40. The summed E-state index contributed by atoms with van der Waals surface area (Å²) >= 11 is 0. The van der Waals surface area contributed by atoms with E-state index in [1.807, 2.05) is 0 Å². The highest BCUT2D eigenvalue weighted by molar-refractivity contribution is 4.95. The second kappa shape index (κ2) is 25.4. The lowest BCUT2D eigenvalue weighted by Gasteiger charge is -2.17. The number of ether oxygens (including phenoxy) is 4. The van der Waals surface area contributed by atoms with Crippen molar-refractivity contribution in [1.82, 2.24) is 0 Å². The lowest BCUT2D eigenvalue weighted by atomic mass is 10.2. The van der Waals surface area contributed by atoms with Crippen molar-refractivity contribution in [1.29, 1.82) is 0 Å². The molecule has 0 aromatic rings. The summed E-state index contributed by atoms with van der Waals surface area (Å²) < 4.78 is 23.8. The summed E-state index contributed by atoms with van der Waals surface area (Å²) in [5, 5.41) is 0. The van der Waals surface area contributed by atoms with E-state index in [0.717, 1.165) is 51.1 Å². The highest BCUT2D eigenvalue weighted by Crippen LogP contribution is 2.18. The zero-order chi connectivity index (χ0) is 22.8.